The second-order valence-electron chi connectivity index (χ2n) is 3.06. The van der Waals surface area contributed by atoms with Crippen LogP contribution in [0.2, 0.25) is 0 Å². The van der Waals surface area contributed by atoms with Crippen LogP contribution in [0.1, 0.15) is 0 Å². The normalized spacial score (nSPS) is 9.65. The van der Waals surface area contributed by atoms with Crippen molar-refractivity contribution in [2.75, 3.05) is 5.32 Å². The van der Waals surface area contributed by atoms with E-state index in [2.05, 4.69) is 20.0 Å². The lowest BCUT2D eigenvalue weighted by Crippen LogP contribution is -2.22. The van der Waals surface area contributed by atoms with Crippen LogP contribution in [-0.2, 0) is 0 Å². The fraction of sp³-hybridized carbons (Fsp3) is 0. The van der Waals surface area contributed by atoms with Gasteiger partial charge in [0.25, 0.3) is 0 Å². The van der Waals surface area contributed by atoms with Gasteiger partial charge in [0.1, 0.15) is 0 Å². The summed E-state index contributed by atoms with van der Waals surface area (Å²) in [5, 5.41) is 3.18. The molecule has 0 radical (unpaired) electrons. The van der Waals surface area contributed by atoms with Crippen LogP contribution >= 0.6 is 11.9 Å². The SMILES string of the molecule is O=C(NSc1ncccn1)Nc1ccccc1. The van der Waals surface area contributed by atoms with Gasteiger partial charge in [0, 0.05) is 30.0 Å². The van der Waals surface area contributed by atoms with Crippen LogP contribution in [0.15, 0.2) is 53.9 Å². The van der Waals surface area contributed by atoms with Crippen molar-refractivity contribution in [3.05, 3.63) is 48.8 Å². The summed E-state index contributed by atoms with van der Waals surface area (Å²) in [5.41, 5.74) is 0.736. The summed E-state index contributed by atoms with van der Waals surface area (Å²) in [4.78, 5) is 19.4. The number of carbonyl (C=O) groups is 1. The first kappa shape index (κ1) is 11.4. The zero-order chi connectivity index (χ0) is 11.9. The lowest BCUT2D eigenvalue weighted by molar-refractivity contribution is 0.257. The number of rotatable bonds is 3. The molecule has 2 amide bonds. The predicted octanol–water partition coefficient (Wildman–Crippen LogP) is 2.31. The lowest BCUT2D eigenvalue weighted by atomic mass is 10.3. The molecular weight excluding hydrogens is 236 g/mol. The van der Waals surface area contributed by atoms with Crippen LogP contribution in [0.5, 0.6) is 0 Å². The Morgan fingerprint density at radius 3 is 2.47 bits per heavy atom. The molecule has 0 atom stereocenters. The van der Waals surface area contributed by atoms with Gasteiger partial charge in [-0.15, -0.1) is 0 Å². The van der Waals surface area contributed by atoms with Crippen molar-refractivity contribution in [2.45, 2.75) is 5.16 Å². The Morgan fingerprint density at radius 1 is 1.06 bits per heavy atom. The van der Waals surface area contributed by atoms with Crippen molar-refractivity contribution < 1.29 is 4.79 Å². The Morgan fingerprint density at radius 2 is 1.76 bits per heavy atom. The maximum Gasteiger partial charge on any atom is 0.329 e. The molecule has 2 N–H and O–H groups in total. The third-order valence-corrected chi connectivity index (χ3v) is 2.49. The Labute approximate surface area is 103 Å². The molecule has 1 heterocycles. The molecule has 0 bridgehead atoms. The van der Waals surface area contributed by atoms with E-state index in [1.165, 1.54) is 0 Å². The van der Waals surface area contributed by atoms with Crippen molar-refractivity contribution in [3.63, 3.8) is 0 Å². The fourth-order valence-corrected chi connectivity index (χ4v) is 1.57. The number of para-hydroxylation sites is 1. The molecule has 17 heavy (non-hydrogen) atoms. The Balaban J connectivity index is 1.83. The third-order valence-electron chi connectivity index (χ3n) is 1.81. The first-order valence-corrected chi connectivity index (χ1v) is 5.72. The largest absolute Gasteiger partial charge is 0.329 e. The Hall–Kier alpha value is -2.08. The van der Waals surface area contributed by atoms with E-state index < -0.39 is 0 Å². The van der Waals surface area contributed by atoms with Crippen LogP contribution in [0.4, 0.5) is 10.5 Å². The van der Waals surface area contributed by atoms with Gasteiger partial charge in [-0.25, -0.2) is 14.8 Å². The average molecular weight is 246 g/mol. The molecule has 86 valence electrons. The minimum atomic E-state index is -0.311. The van der Waals surface area contributed by atoms with Gasteiger partial charge < -0.3 is 5.32 Å². The number of benzene rings is 1. The third kappa shape index (κ3) is 3.76. The average Bonchev–Trinajstić information content (AvgIpc) is 2.39. The highest BCUT2D eigenvalue weighted by Gasteiger charge is 2.02. The number of urea groups is 1. The summed E-state index contributed by atoms with van der Waals surface area (Å²) < 4.78 is 2.59. The van der Waals surface area contributed by atoms with Gasteiger partial charge in [0.2, 0.25) is 5.16 Å². The first-order chi connectivity index (χ1) is 8.34. The van der Waals surface area contributed by atoms with Gasteiger partial charge in [-0.1, -0.05) is 18.2 Å². The number of hydrogen-bond donors (Lipinski definition) is 2. The Bertz CT molecular complexity index is 477. The van der Waals surface area contributed by atoms with E-state index in [0.29, 0.717) is 5.16 Å². The van der Waals surface area contributed by atoms with E-state index in [1.807, 2.05) is 30.3 Å². The van der Waals surface area contributed by atoms with Crippen LogP contribution < -0.4 is 10.0 Å². The van der Waals surface area contributed by atoms with E-state index in [9.17, 15) is 4.79 Å². The number of nitrogens with one attached hydrogen (secondary N) is 2. The zero-order valence-electron chi connectivity index (χ0n) is 8.83. The molecule has 0 spiro atoms. The smallest absolute Gasteiger partial charge is 0.307 e. The Kier molecular flexibility index (Phi) is 3.93. The van der Waals surface area contributed by atoms with Crippen molar-refractivity contribution >= 4 is 23.7 Å². The van der Waals surface area contributed by atoms with E-state index >= 15 is 0 Å². The summed E-state index contributed by atoms with van der Waals surface area (Å²) >= 11 is 1.06. The summed E-state index contributed by atoms with van der Waals surface area (Å²) in [7, 11) is 0. The standard InChI is InChI=1S/C11H10N4OS/c16-10(14-9-5-2-1-3-6-9)15-17-11-12-7-4-8-13-11/h1-8H,(H2,14,15,16). The van der Waals surface area contributed by atoms with Gasteiger partial charge in [-0.2, -0.15) is 0 Å². The molecule has 2 aromatic rings. The van der Waals surface area contributed by atoms with Crippen molar-refractivity contribution in [1.82, 2.24) is 14.7 Å². The number of anilines is 1. The minimum absolute atomic E-state index is 0.311. The number of nitrogens with zero attached hydrogens (tertiary/aromatic N) is 2. The maximum absolute atomic E-state index is 11.5. The van der Waals surface area contributed by atoms with Gasteiger partial charge >= 0.3 is 6.03 Å². The predicted molar refractivity (Wildman–Crippen MR) is 66.5 cm³/mol. The van der Waals surface area contributed by atoms with Crippen LogP contribution in [-0.4, -0.2) is 16.0 Å². The molecule has 1 aromatic carbocycles. The van der Waals surface area contributed by atoms with Gasteiger partial charge in [-0.05, 0) is 18.2 Å². The van der Waals surface area contributed by atoms with Gasteiger partial charge in [0.15, 0.2) is 0 Å². The highest BCUT2D eigenvalue weighted by molar-refractivity contribution is 7.97. The van der Waals surface area contributed by atoms with Crippen LogP contribution in [0, 0.1) is 0 Å². The molecule has 0 aliphatic heterocycles. The van der Waals surface area contributed by atoms with Gasteiger partial charge in [0.05, 0.1) is 0 Å². The van der Waals surface area contributed by atoms with E-state index in [0.717, 1.165) is 17.6 Å². The molecule has 6 heteroatoms. The monoisotopic (exact) mass is 246 g/mol. The van der Waals surface area contributed by atoms with E-state index in [4.69, 9.17) is 0 Å². The quantitative estimate of drug-likeness (QED) is 0.644. The van der Waals surface area contributed by atoms with Crippen molar-refractivity contribution in [1.29, 1.82) is 0 Å². The van der Waals surface area contributed by atoms with Crippen molar-refractivity contribution in [2.24, 2.45) is 0 Å². The molecule has 0 aliphatic rings. The molecule has 2 rings (SSSR count). The molecule has 0 saturated heterocycles. The molecule has 1 aromatic heterocycles. The highest BCUT2D eigenvalue weighted by atomic mass is 32.2. The summed E-state index contributed by atoms with van der Waals surface area (Å²) in [5.74, 6) is 0. The molecule has 5 nitrogen and oxygen atoms in total. The van der Waals surface area contributed by atoms with Crippen LogP contribution in [0.3, 0.4) is 0 Å². The van der Waals surface area contributed by atoms with E-state index in [1.54, 1.807) is 18.5 Å². The zero-order valence-corrected chi connectivity index (χ0v) is 9.65. The van der Waals surface area contributed by atoms with Gasteiger partial charge in [-0.3, -0.25) is 4.72 Å². The lowest BCUT2D eigenvalue weighted by Gasteiger charge is -2.05. The summed E-state index contributed by atoms with van der Waals surface area (Å²) in [6.07, 6.45) is 3.23. The second kappa shape index (κ2) is 5.86. The minimum Gasteiger partial charge on any atom is -0.307 e. The molecule has 0 saturated carbocycles. The number of amides is 2. The summed E-state index contributed by atoms with van der Waals surface area (Å²) in [6, 6.07) is 10.6. The topological polar surface area (TPSA) is 66.9 Å². The number of carbonyl (C=O) groups excluding carboxylic acids is 1. The highest BCUT2D eigenvalue weighted by Crippen LogP contribution is 2.08. The van der Waals surface area contributed by atoms with Crippen molar-refractivity contribution in [3.8, 4) is 0 Å². The molecular formula is C11H10N4OS. The van der Waals surface area contributed by atoms with Crippen LogP contribution in [0.25, 0.3) is 0 Å². The number of aromatic nitrogens is 2. The molecule has 0 aliphatic carbocycles. The number of hydrogen-bond acceptors (Lipinski definition) is 4. The first-order valence-electron chi connectivity index (χ1n) is 4.90. The maximum atomic E-state index is 11.5. The summed E-state index contributed by atoms with van der Waals surface area (Å²) in [6.45, 7) is 0. The second-order valence-corrected chi connectivity index (χ2v) is 3.83. The molecule has 0 fully saturated rings. The fourth-order valence-electron chi connectivity index (χ4n) is 1.11. The van der Waals surface area contributed by atoms with E-state index in [-0.39, 0.29) is 6.03 Å². The molecule has 0 unspecified atom stereocenters.